The first-order valence-electron chi connectivity index (χ1n) is 7.31. The van der Waals surface area contributed by atoms with Crippen molar-refractivity contribution in [1.82, 2.24) is 5.32 Å². The first-order chi connectivity index (χ1) is 10.0. The highest BCUT2D eigenvalue weighted by molar-refractivity contribution is 5.83. The lowest BCUT2D eigenvalue weighted by molar-refractivity contribution is -0.141. The number of rotatable bonds is 6. The summed E-state index contributed by atoms with van der Waals surface area (Å²) in [6, 6.07) is 4.68. The van der Waals surface area contributed by atoms with Crippen molar-refractivity contribution in [3.63, 3.8) is 0 Å². The van der Waals surface area contributed by atoms with Crippen LogP contribution in [-0.4, -0.2) is 23.0 Å². The van der Waals surface area contributed by atoms with Crippen LogP contribution < -0.4 is 5.32 Å². The molecule has 1 aliphatic rings. The minimum atomic E-state index is -1.07. The van der Waals surface area contributed by atoms with Gasteiger partial charge in [-0.25, -0.2) is 9.18 Å². The first kappa shape index (κ1) is 15.5. The standard InChI is InChI=1S/C16H20FNO3/c17-13-7-5-12(6-8-13)9-14(16(20)21)18-15(19)10-11-3-1-2-4-11/h5-8,11,14H,1-4,9-10H2,(H,18,19)(H,20,21)/t14-/m1/s1. The molecular weight excluding hydrogens is 273 g/mol. The molecule has 2 rings (SSSR count). The molecule has 5 heteroatoms. The molecular formula is C16H20FNO3. The number of hydrogen-bond acceptors (Lipinski definition) is 2. The Labute approximate surface area is 123 Å². The van der Waals surface area contributed by atoms with Crippen LogP contribution in [0, 0.1) is 11.7 Å². The van der Waals surface area contributed by atoms with E-state index in [0.29, 0.717) is 17.9 Å². The van der Waals surface area contributed by atoms with Crippen molar-refractivity contribution in [1.29, 1.82) is 0 Å². The van der Waals surface area contributed by atoms with Crippen molar-refractivity contribution in [2.45, 2.75) is 44.6 Å². The summed E-state index contributed by atoms with van der Waals surface area (Å²) in [5, 5.41) is 11.8. The van der Waals surface area contributed by atoms with Crippen LogP contribution in [0.3, 0.4) is 0 Å². The quantitative estimate of drug-likeness (QED) is 0.847. The Bertz CT molecular complexity index is 495. The second kappa shape index (κ2) is 7.20. The monoisotopic (exact) mass is 293 g/mol. The van der Waals surface area contributed by atoms with E-state index < -0.39 is 12.0 Å². The molecule has 2 N–H and O–H groups in total. The molecule has 0 saturated heterocycles. The van der Waals surface area contributed by atoms with Gasteiger partial charge in [-0.15, -0.1) is 0 Å². The molecule has 1 aliphatic carbocycles. The third kappa shape index (κ3) is 4.85. The fourth-order valence-electron chi connectivity index (χ4n) is 2.79. The minimum Gasteiger partial charge on any atom is -0.480 e. The maximum Gasteiger partial charge on any atom is 0.326 e. The van der Waals surface area contributed by atoms with Crippen molar-refractivity contribution in [3.05, 3.63) is 35.6 Å². The molecule has 4 nitrogen and oxygen atoms in total. The van der Waals surface area contributed by atoms with Crippen LogP contribution in [0.5, 0.6) is 0 Å². The number of amides is 1. The zero-order valence-electron chi connectivity index (χ0n) is 11.8. The molecule has 1 atom stereocenters. The number of carboxylic acid groups (broad SMARTS) is 1. The van der Waals surface area contributed by atoms with Crippen LogP contribution >= 0.6 is 0 Å². The van der Waals surface area contributed by atoms with Crippen molar-refractivity contribution in [2.24, 2.45) is 5.92 Å². The van der Waals surface area contributed by atoms with Crippen LogP contribution in [0.2, 0.25) is 0 Å². The van der Waals surface area contributed by atoms with Gasteiger partial charge in [-0.3, -0.25) is 4.79 Å². The molecule has 0 heterocycles. The first-order valence-corrected chi connectivity index (χ1v) is 7.31. The lowest BCUT2D eigenvalue weighted by Crippen LogP contribution is -2.42. The maximum absolute atomic E-state index is 12.8. The van der Waals surface area contributed by atoms with Crippen molar-refractivity contribution >= 4 is 11.9 Å². The lowest BCUT2D eigenvalue weighted by Gasteiger charge is -2.16. The number of benzene rings is 1. The summed E-state index contributed by atoms with van der Waals surface area (Å²) in [6.45, 7) is 0. The Morgan fingerprint density at radius 1 is 1.24 bits per heavy atom. The number of halogens is 1. The second-order valence-corrected chi connectivity index (χ2v) is 5.64. The number of carbonyl (C=O) groups excluding carboxylic acids is 1. The average Bonchev–Trinajstić information content (AvgIpc) is 2.93. The molecule has 0 radical (unpaired) electrons. The van der Waals surface area contributed by atoms with Crippen molar-refractivity contribution in [3.8, 4) is 0 Å². The molecule has 1 fully saturated rings. The lowest BCUT2D eigenvalue weighted by atomic mass is 10.0. The van der Waals surface area contributed by atoms with Gasteiger partial charge in [0.2, 0.25) is 5.91 Å². The molecule has 0 aromatic heterocycles. The highest BCUT2D eigenvalue weighted by Crippen LogP contribution is 2.27. The SMILES string of the molecule is O=C(CC1CCCC1)N[C@H](Cc1ccc(F)cc1)C(=O)O. The Morgan fingerprint density at radius 2 is 1.86 bits per heavy atom. The third-order valence-electron chi connectivity index (χ3n) is 3.94. The van der Waals surface area contributed by atoms with E-state index in [4.69, 9.17) is 0 Å². The number of aliphatic carboxylic acids is 1. The molecule has 0 bridgehead atoms. The van der Waals surface area contributed by atoms with E-state index in [1.807, 2.05) is 0 Å². The molecule has 1 aromatic carbocycles. The van der Waals surface area contributed by atoms with E-state index in [1.54, 1.807) is 0 Å². The normalized spacial score (nSPS) is 16.6. The number of nitrogens with one attached hydrogen (secondary N) is 1. The highest BCUT2D eigenvalue weighted by Gasteiger charge is 2.23. The predicted molar refractivity (Wildman–Crippen MR) is 76.2 cm³/mol. The summed E-state index contributed by atoms with van der Waals surface area (Å²) in [6.07, 6.45) is 4.94. The Hall–Kier alpha value is -1.91. The van der Waals surface area contributed by atoms with Gasteiger partial charge >= 0.3 is 5.97 Å². The fourth-order valence-corrected chi connectivity index (χ4v) is 2.79. The van der Waals surface area contributed by atoms with Gasteiger partial charge in [0.15, 0.2) is 0 Å². The van der Waals surface area contributed by atoms with Gasteiger partial charge in [0.05, 0.1) is 0 Å². The smallest absolute Gasteiger partial charge is 0.326 e. The van der Waals surface area contributed by atoms with E-state index in [0.717, 1.165) is 25.7 Å². The van der Waals surface area contributed by atoms with Crippen molar-refractivity contribution < 1.29 is 19.1 Å². The van der Waals surface area contributed by atoms with Crippen LogP contribution in [-0.2, 0) is 16.0 Å². The van der Waals surface area contributed by atoms with Gasteiger partial charge in [0.25, 0.3) is 0 Å². The van der Waals surface area contributed by atoms with Gasteiger partial charge in [0, 0.05) is 12.8 Å². The zero-order chi connectivity index (χ0) is 15.2. The average molecular weight is 293 g/mol. The fraction of sp³-hybridized carbons (Fsp3) is 0.500. The minimum absolute atomic E-state index is 0.159. The largest absolute Gasteiger partial charge is 0.480 e. The van der Waals surface area contributed by atoms with E-state index in [-0.39, 0.29) is 18.1 Å². The second-order valence-electron chi connectivity index (χ2n) is 5.64. The molecule has 1 saturated carbocycles. The van der Waals surface area contributed by atoms with Gasteiger partial charge in [-0.2, -0.15) is 0 Å². The summed E-state index contributed by atoms with van der Waals surface area (Å²) < 4.78 is 12.8. The van der Waals surface area contributed by atoms with E-state index >= 15 is 0 Å². The molecule has 1 amide bonds. The summed E-state index contributed by atoms with van der Waals surface area (Å²) >= 11 is 0. The number of carboxylic acids is 1. The molecule has 114 valence electrons. The van der Waals surface area contributed by atoms with Crippen LogP contribution in [0.1, 0.15) is 37.7 Å². The summed E-state index contributed by atoms with van der Waals surface area (Å²) in [5.41, 5.74) is 0.685. The van der Waals surface area contributed by atoms with Gasteiger partial charge in [0.1, 0.15) is 11.9 Å². The molecule has 21 heavy (non-hydrogen) atoms. The molecule has 0 unspecified atom stereocenters. The Morgan fingerprint density at radius 3 is 2.43 bits per heavy atom. The van der Waals surface area contributed by atoms with Crippen LogP contribution in [0.15, 0.2) is 24.3 Å². The number of hydrogen-bond donors (Lipinski definition) is 2. The maximum atomic E-state index is 12.8. The topological polar surface area (TPSA) is 66.4 Å². The molecule has 1 aromatic rings. The van der Waals surface area contributed by atoms with Crippen LogP contribution in [0.25, 0.3) is 0 Å². The molecule has 0 spiro atoms. The van der Waals surface area contributed by atoms with Crippen LogP contribution in [0.4, 0.5) is 4.39 Å². The Balaban J connectivity index is 1.90. The predicted octanol–water partition coefficient (Wildman–Crippen LogP) is 2.52. The highest BCUT2D eigenvalue weighted by atomic mass is 19.1. The Kier molecular flexibility index (Phi) is 5.31. The van der Waals surface area contributed by atoms with Crippen molar-refractivity contribution in [2.75, 3.05) is 0 Å². The number of carbonyl (C=O) groups is 2. The van der Waals surface area contributed by atoms with E-state index in [2.05, 4.69) is 5.32 Å². The van der Waals surface area contributed by atoms with Gasteiger partial charge < -0.3 is 10.4 Å². The van der Waals surface area contributed by atoms with E-state index in [9.17, 15) is 19.1 Å². The zero-order valence-corrected chi connectivity index (χ0v) is 11.8. The third-order valence-corrected chi connectivity index (χ3v) is 3.94. The van der Waals surface area contributed by atoms with Gasteiger partial charge in [-0.05, 0) is 36.5 Å². The summed E-state index contributed by atoms with van der Waals surface area (Å²) in [7, 11) is 0. The summed E-state index contributed by atoms with van der Waals surface area (Å²) in [5.74, 6) is -1.27. The van der Waals surface area contributed by atoms with E-state index in [1.165, 1.54) is 24.3 Å². The van der Waals surface area contributed by atoms with Gasteiger partial charge in [-0.1, -0.05) is 25.0 Å². The molecule has 0 aliphatic heterocycles. The summed E-state index contributed by atoms with van der Waals surface area (Å²) in [4.78, 5) is 23.2.